The summed E-state index contributed by atoms with van der Waals surface area (Å²) >= 11 is 1.19. The number of aromatic nitrogens is 2. The molecule has 0 fully saturated rings. The van der Waals surface area contributed by atoms with Gasteiger partial charge in [0.15, 0.2) is 6.04 Å². The van der Waals surface area contributed by atoms with Crippen molar-refractivity contribution in [1.29, 1.82) is 0 Å². The molecule has 0 aromatic carbocycles. The van der Waals surface area contributed by atoms with Gasteiger partial charge in [0.25, 0.3) is 5.88 Å². The highest BCUT2D eigenvalue weighted by molar-refractivity contribution is 6.99. The zero-order valence-corrected chi connectivity index (χ0v) is 19.3. The smallest absolute Gasteiger partial charge is 0.369 e. The molecule has 2 rings (SSSR count). The van der Waals surface area contributed by atoms with E-state index < -0.39 is 0 Å². The maximum atomic E-state index is 12.3. The van der Waals surface area contributed by atoms with Crippen LogP contribution in [0.3, 0.4) is 0 Å². The lowest BCUT2D eigenvalue weighted by Crippen LogP contribution is -2.66. The van der Waals surface area contributed by atoms with Crippen molar-refractivity contribution in [2.24, 2.45) is 5.92 Å². The molecular weight excluding hydrogens is 388 g/mol. The Morgan fingerprint density at radius 2 is 2.10 bits per heavy atom. The number of nitrogens with zero attached hydrogens (tertiary/aromatic N) is 3. The molecular formula is C21H38N4O3S+2. The van der Waals surface area contributed by atoms with E-state index in [2.05, 4.69) is 48.4 Å². The van der Waals surface area contributed by atoms with Crippen LogP contribution in [0.15, 0.2) is 6.08 Å². The topological polar surface area (TPSA) is 89.0 Å². The van der Waals surface area contributed by atoms with Crippen molar-refractivity contribution in [1.82, 2.24) is 8.75 Å². The largest absolute Gasteiger partial charge is 0.475 e. The van der Waals surface area contributed by atoms with Gasteiger partial charge in [-0.1, -0.05) is 46.1 Å². The Bertz CT molecular complexity index is 677. The maximum Gasteiger partial charge on any atom is 0.369 e. The van der Waals surface area contributed by atoms with E-state index in [1.54, 1.807) is 0 Å². The van der Waals surface area contributed by atoms with Crippen LogP contribution in [0, 0.1) is 5.92 Å². The number of esters is 1. The van der Waals surface area contributed by atoms with Gasteiger partial charge in [-0.25, -0.2) is 4.79 Å². The number of ether oxygens (including phenoxy) is 2. The van der Waals surface area contributed by atoms with Crippen LogP contribution < -0.4 is 10.5 Å². The monoisotopic (exact) mass is 426 g/mol. The van der Waals surface area contributed by atoms with E-state index in [0.29, 0.717) is 29.6 Å². The van der Waals surface area contributed by atoms with Crippen molar-refractivity contribution in [3.05, 3.63) is 11.8 Å². The molecule has 0 spiro atoms. The van der Waals surface area contributed by atoms with Crippen LogP contribution in [-0.4, -0.2) is 58.7 Å². The van der Waals surface area contributed by atoms with Crippen molar-refractivity contribution in [3.8, 4) is 5.88 Å². The lowest BCUT2D eigenvalue weighted by Gasteiger charge is -2.36. The lowest BCUT2D eigenvalue weighted by molar-refractivity contribution is -0.919. The van der Waals surface area contributed by atoms with E-state index in [4.69, 9.17) is 9.47 Å². The van der Waals surface area contributed by atoms with Gasteiger partial charge in [-0.05, 0) is 12.3 Å². The molecule has 0 amide bonds. The number of hydrogen-bond donors (Lipinski definition) is 1. The fourth-order valence-electron chi connectivity index (χ4n) is 3.56. The zero-order chi connectivity index (χ0) is 21.3. The van der Waals surface area contributed by atoms with Crippen LogP contribution in [-0.2, 0) is 9.53 Å². The van der Waals surface area contributed by atoms with Crippen molar-refractivity contribution in [2.45, 2.75) is 65.3 Å². The first-order chi connectivity index (χ1) is 13.8. The van der Waals surface area contributed by atoms with E-state index in [0.717, 1.165) is 43.6 Å². The third kappa shape index (κ3) is 7.68. The molecule has 1 aliphatic rings. The Kier molecular flexibility index (Phi) is 9.52. The summed E-state index contributed by atoms with van der Waals surface area (Å²) in [4.78, 5) is 12.3. The van der Waals surface area contributed by atoms with Crippen LogP contribution in [0.5, 0.6) is 5.88 Å². The van der Waals surface area contributed by atoms with Gasteiger partial charge in [0.1, 0.15) is 12.2 Å². The maximum absolute atomic E-state index is 12.3. The Hall–Kier alpha value is -1.51. The minimum Gasteiger partial charge on any atom is -0.475 e. The molecule has 0 saturated carbocycles. The normalized spacial score (nSPS) is 20.4. The van der Waals surface area contributed by atoms with Crippen molar-refractivity contribution >= 4 is 23.3 Å². The molecule has 0 aliphatic carbocycles. The van der Waals surface area contributed by atoms with E-state index in [1.807, 2.05) is 0 Å². The SMILES string of the molecule is CCCCCCOc1nsnc1C1=CCC[N+](C)(COC(=O)[C@@H]([NH3+])CC(C)C)C1. The van der Waals surface area contributed by atoms with Crippen molar-refractivity contribution < 1.29 is 24.5 Å². The number of rotatable bonds is 12. The van der Waals surface area contributed by atoms with Gasteiger partial charge in [-0.15, -0.1) is 4.37 Å². The van der Waals surface area contributed by atoms with E-state index in [1.165, 1.54) is 31.0 Å². The molecule has 2 atom stereocenters. The van der Waals surface area contributed by atoms with Gasteiger partial charge < -0.3 is 15.2 Å². The highest BCUT2D eigenvalue weighted by Gasteiger charge is 2.32. The molecule has 1 aliphatic heterocycles. The Balaban J connectivity index is 1.90. The summed E-state index contributed by atoms with van der Waals surface area (Å²) in [5.74, 6) is 0.857. The number of carbonyl (C=O) groups excluding carboxylic acids is 1. The summed E-state index contributed by atoms with van der Waals surface area (Å²) in [7, 11) is 2.12. The van der Waals surface area contributed by atoms with Crippen LogP contribution in [0.2, 0.25) is 0 Å². The predicted octanol–water partition coefficient (Wildman–Crippen LogP) is 2.89. The first-order valence-corrected chi connectivity index (χ1v) is 11.6. The molecule has 1 aromatic rings. The van der Waals surface area contributed by atoms with Gasteiger partial charge in [-0.2, -0.15) is 4.37 Å². The predicted molar refractivity (Wildman–Crippen MR) is 115 cm³/mol. The molecule has 164 valence electrons. The zero-order valence-electron chi connectivity index (χ0n) is 18.5. The molecule has 2 heterocycles. The second kappa shape index (κ2) is 11.6. The minimum atomic E-state index is -0.308. The Labute approximate surface area is 179 Å². The summed E-state index contributed by atoms with van der Waals surface area (Å²) in [5, 5.41) is 0. The molecule has 0 radical (unpaired) electrons. The van der Waals surface area contributed by atoms with E-state index >= 15 is 0 Å². The third-order valence-electron chi connectivity index (χ3n) is 5.22. The molecule has 0 bridgehead atoms. The molecule has 7 nitrogen and oxygen atoms in total. The van der Waals surface area contributed by atoms with Crippen molar-refractivity contribution in [3.63, 3.8) is 0 Å². The number of quaternary nitrogens is 2. The molecule has 1 unspecified atom stereocenters. The quantitative estimate of drug-likeness (QED) is 0.315. The fraction of sp³-hybridized carbons (Fsp3) is 0.762. The standard InChI is InChI=1S/C21H37N4O3S/c1-5-6-7-8-12-27-20-19(23-29-24-20)17-10-9-11-25(4,14-17)15-28-21(26)18(22)13-16(2)3/h10,16,18H,5-9,11-15,22H2,1-4H3/q+1/p+1/t18-,25?/m0/s1. The van der Waals surface area contributed by atoms with Crippen LogP contribution in [0.25, 0.3) is 5.57 Å². The highest BCUT2D eigenvalue weighted by atomic mass is 32.1. The first-order valence-electron chi connectivity index (χ1n) is 10.8. The fourth-order valence-corrected chi connectivity index (χ4v) is 4.09. The van der Waals surface area contributed by atoms with Crippen molar-refractivity contribution in [2.75, 3.05) is 33.5 Å². The second-order valence-electron chi connectivity index (χ2n) is 8.77. The second-order valence-corrected chi connectivity index (χ2v) is 9.29. The van der Waals surface area contributed by atoms with Crippen LogP contribution in [0.4, 0.5) is 0 Å². The summed E-state index contributed by atoms with van der Waals surface area (Å²) < 4.78 is 21.0. The lowest BCUT2D eigenvalue weighted by atomic mass is 10.0. The first kappa shape index (κ1) is 23.8. The summed E-state index contributed by atoms with van der Waals surface area (Å²) in [6.07, 6.45) is 8.53. The number of carbonyl (C=O) groups is 1. The summed E-state index contributed by atoms with van der Waals surface area (Å²) in [5.41, 5.74) is 5.92. The average Bonchev–Trinajstić information content (AvgIpc) is 3.14. The number of hydrogen-bond acceptors (Lipinski definition) is 6. The van der Waals surface area contributed by atoms with Gasteiger partial charge >= 0.3 is 5.97 Å². The Morgan fingerprint density at radius 3 is 2.83 bits per heavy atom. The summed E-state index contributed by atoms with van der Waals surface area (Å²) in [6.45, 7) is 9.08. The Morgan fingerprint density at radius 1 is 1.31 bits per heavy atom. The molecule has 3 N–H and O–H groups in total. The number of likely N-dealkylation sites (N-methyl/N-ethyl adjacent to an activating group) is 1. The number of unbranched alkanes of at least 4 members (excludes halogenated alkanes) is 3. The van der Waals surface area contributed by atoms with E-state index in [-0.39, 0.29) is 12.0 Å². The highest BCUT2D eigenvalue weighted by Crippen LogP contribution is 2.30. The van der Waals surface area contributed by atoms with Gasteiger partial charge in [0, 0.05) is 18.4 Å². The third-order valence-corrected chi connectivity index (χ3v) is 5.73. The van der Waals surface area contributed by atoms with E-state index in [9.17, 15) is 4.79 Å². The average molecular weight is 427 g/mol. The molecule has 1 aromatic heterocycles. The molecule has 0 saturated heterocycles. The van der Waals surface area contributed by atoms with Gasteiger partial charge in [0.2, 0.25) is 6.73 Å². The van der Waals surface area contributed by atoms with Gasteiger partial charge in [0.05, 0.1) is 31.9 Å². The van der Waals surface area contributed by atoms with Crippen LogP contribution in [0.1, 0.15) is 65.0 Å². The van der Waals surface area contributed by atoms with Crippen LogP contribution >= 0.6 is 11.7 Å². The molecule has 8 heteroatoms. The minimum absolute atomic E-state index is 0.208. The molecule has 29 heavy (non-hydrogen) atoms. The van der Waals surface area contributed by atoms with Gasteiger partial charge in [-0.3, -0.25) is 4.48 Å². The summed E-state index contributed by atoms with van der Waals surface area (Å²) in [6, 6.07) is -0.308.